The van der Waals surface area contributed by atoms with Crippen molar-refractivity contribution >= 4 is 18.3 Å². The summed E-state index contributed by atoms with van der Waals surface area (Å²) in [6.45, 7) is 4.35. The monoisotopic (exact) mass is 331 g/mol. The lowest BCUT2D eigenvalue weighted by Gasteiger charge is -2.45. The number of halogens is 1. The second-order valence-corrected chi connectivity index (χ2v) is 7.09. The molecule has 0 aromatic rings. The lowest BCUT2D eigenvalue weighted by Crippen LogP contribution is -2.54. The van der Waals surface area contributed by atoms with E-state index in [2.05, 4.69) is 4.90 Å². The predicted molar refractivity (Wildman–Crippen MR) is 88.9 cm³/mol. The Morgan fingerprint density at radius 1 is 1.09 bits per heavy atom. The Morgan fingerprint density at radius 2 is 1.68 bits per heavy atom. The largest absolute Gasteiger partial charge is 0.395 e. The van der Waals surface area contributed by atoms with Crippen LogP contribution >= 0.6 is 12.4 Å². The first-order valence-electron chi connectivity index (χ1n) is 8.56. The molecule has 0 radical (unpaired) electrons. The van der Waals surface area contributed by atoms with E-state index in [9.17, 15) is 4.79 Å². The van der Waals surface area contributed by atoms with Crippen molar-refractivity contribution in [2.24, 2.45) is 23.5 Å². The molecule has 3 aliphatic rings. The van der Waals surface area contributed by atoms with Crippen molar-refractivity contribution in [3.05, 3.63) is 0 Å². The van der Waals surface area contributed by atoms with Gasteiger partial charge in [-0.25, -0.2) is 0 Å². The Bertz CT molecular complexity index is 360. The van der Waals surface area contributed by atoms with Crippen LogP contribution in [0.15, 0.2) is 0 Å². The van der Waals surface area contributed by atoms with Crippen LogP contribution in [0.3, 0.4) is 0 Å². The number of nitrogens with zero attached hydrogens (tertiary/aromatic N) is 2. The highest BCUT2D eigenvalue weighted by Gasteiger charge is 2.41. The van der Waals surface area contributed by atoms with Gasteiger partial charge < -0.3 is 15.7 Å². The molecule has 3 fully saturated rings. The van der Waals surface area contributed by atoms with Gasteiger partial charge in [-0.3, -0.25) is 9.69 Å². The van der Waals surface area contributed by atoms with Crippen LogP contribution in [0.5, 0.6) is 0 Å². The molecule has 2 bridgehead atoms. The molecule has 1 aliphatic heterocycles. The zero-order chi connectivity index (χ0) is 14.8. The van der Waals surface area contributed by atoms with Crippen molar-refractivity contribution in [1.29, 1.82) is 0 Å². The minimum atomic E-state index is 0. The molecule has 2 unspecified atom stereocenters. The molecule has 5 nitrogen and oxygen atoms in total. The van der Waals surface area contributed by atoms with Gasteiger partial charge in [-0.05, 0) is 37.5 Å². The number of aliphatic hydroxyl groups is 1. The number of piperazine rings is 1. The summed E-state index contributed by atoms with van der Waals surface area (Å²) in [5.74, 6) is 1.72. The fraction of sp³-hybridized carbons (Fsp3) is 0.938. The first-order chi connectivity index (χ1) is 10.2. The SMILES string of the molecule is Cl.NC1C2CCCC1CC(C(=O)N1CCN(CCO)CC1)C2. The van der Waals surface area contributed by atoms with Crippen LogP contribution in [0, 0.1) is 17.8 Å². The van der Waals surface area contributed by atoms with E-state index in [1.807, 2.05) is 4.90 Å². The van der Waals surface area contributed by atoms with Crippen LogP contribution in [-0.4, -0.2) is 66.2 Å². The van der Waals surface area contributed by atoms with Crippen LogP contribution in [0.4, 0.5) is 0 Å². The molecule has 2 aliphatic carbocycles. The van der Waals surface area contributed by atoms with Gasteiger partial charge in [0.25, 0.3) is 0 Å². The molecule has 3 N–H and O–H groups in total. The molecular weight excluding hydrogens is 302 g/mol. The highest BCUT2D eigenvalue weighted by molar-refractivity contribution is 5.85. The topological polar surface area (TPSA) is 69.8 Å². The van der Waals surface area contributed by atoms with Crippen molar-refractivity contribution in [2.45, 2.75) is 38.1 Å². The lowest BCUT2D eigenvalue weighted by molar-refractivity contribution is -0.140. The van der Waals surface area contributed by atoms with E-state index in [0.29, 0.717) is 23.8 Å². The Hall–Kier alpha value is -0.360. The molecule has 1 heterocycles. The van der Waals surface area contributed by atoms with E-state index >= 15 is 0 Å². The summed E-state index contributed by atoms with van der Waals surface area (Å²) in [6, 6.07) is 0.337. The maximum Gasteiger partial charge on any atom is 0.225 e. The number of hydrogen-bond donors (Lipinski definition) is 2. The minimum absolute atomic E-state index is 0. The summed E-state index contributed by atoms with van der Waals surface area (Å²) < 4.78 is 0. The number of carbonyl (C=O) groups excluding carboxylic acids is 1. The summed E-state index contributed by atoms with van der Waals surface area (Å²) in [5.41, 5.74) is 6.32. The maximum absolute atomic E-state index is 12.8. The molecule has 22 heavy (non-hydrogen) atoms. The number of nitrogens with two attached hydrogens (primary N) is 1. The molecule has 6 heteroatoms. The number of hydrogen-bond acceptors (Lipinski definition) is 4. The van der Waals surface area contributed by atoms with Gasteiger partial charge in [0.15, 0.2) is 0 Å². The molecule has 3 rings (SSSR count). The van der Waals surface area contributed by atoms with Crippen LogP contribution in [0.25, 0.3) is 0 Å². The van der Waals surface area contributed by atoms with Crippen LogP contribution in [0.1, 0.15) is 32.1 Å². The Labute approximate surface area is 139 Å². The van der Waals surface area contributed by atoms with Crippen LogP contribution < -0.4 is 5.73 Å². The molecule has 0 aromatic carbocycles. The molecule has 128 valence electrons. The minimum Gasteiger partial charge on any atom is -0.395 e. The number of carbonyl (C=O) groups is 1. The fourth-order valence-corrected chi connectivity index (χ4v) is 4.58. The third-order valence-corrected chi connectivity index (χ3v) is 5.86. The second kappa shape index (κ2) is 7.95. The number of rotatable bonds is 3. The quantitative estimate of drug-likeness (QED) is 0.798. The van der Waals surface area contributed by atoms with Gasteiger partial charge in [-0.15, -0.1) is 12.4 Å². The summed E-state index contributed by atoms with van der Waals surface area (Å²) in [6.07, 6.45) is 5.74. The van der Waals surface area contributed by atoms with E-state index in [1.54, 1.807) is 0 Å². The summed E-state index contributed by atoms with van der Waals surface area (Å²) in [5, 5.41) is 8.98. The summed E-state index contributed by atoms with van der Waals surface area (Å²) >= 11 is 0. The van der Waals surface area contributed by atoms with Crippen LogP contribution in [0.2, 0.25) is 0 Å². The fourth-order valence-electron chi connectivity index (χ4n) is 4.58. The zero-order valence-corrected chi connectivity index (χ0v) is 14.1. The first-order valence-corrected chi connectivity index (χ1v) is 8.56. The molecule has 0 aromatic heterocycles. The first kappa shape index (κ1) is 18.0. The highest BCUT2D eigenvalue weighted by Crippen LogP contribution is 2.42. The number of amides is 1. The highest BCUT2D eigenvalue weighted by atomic mass is 35.5. The van der Waals surface area contributed by atoms with Gasteiger partial charge in [0.1, 0.15) is 0 Å². The average Bonchev–Trinajstić information content (AvgIpc) is 2.47. The Morgan fingerprint density at radius 3 is 2.23 bits per heavy atom. The molecule has 1 saturated heterocycles. The van der Waals surface area contributed by atoms with Gasteiger partial charge in [0.05, 0.1) is 6.61 Å². The van der Waals surface area contributed by atoms with Crippen molar-refractivity contribution in [2.75, 3.05) is 39.3 Å². The molecular formula is C16H30ClN3O2. The van der Waals surface area contributed by atoms with Crippen molar-refractivity contribution in [3.63, 3.8) is 0 Å². The molecule has 1 amide bonds. The predicted octanol–water partition coefficient (Wildman–Crippen LogP) is 0.698. The van der Waals surface area contributed by atoms with Gasteiger partial charge in [0, 0.05) is 44.7 Å². The van der Waals surface area contributed by atoms with E-state index in [-0.39, 0.29) is 24.9 Å². The standard InChI is InChI=1S/C16H29N3O2.ClH/c17-15-12-2-1-3-13(15)11-14(10-12)16(21)19-6-4-18(5-7-19)8-9-20;/h12-15,20H,1-11,17H2;1H. The summed E-state index contributed by atoms with van der Waals surface area (Å²) in [4.78, 5) is 17.1. The van der Waals surface area contributed by atoms with Gasteiger partial charge >= 0.3 is 0 Å². The number of β-amino-alcohol motifs (C(OH)–C–C–N with tert-alkyl or cyclic N) is 1. The molecule has 2 atom stereocenters. The molecule has 2 saturated carbocycles. The lowest BCUT2D eigenvalue weighted by atomic mass is 9.65. The third kappa shape index (κ3) is 3.75. The van der Waals surface area contributed by atoms with Crippen LogP contribution in [-0.2, 0) is 4.79 Å². The smallest absolute Gasteiger partial charge is 0.225 e. The van der Waals surface area contributed by atoms with Gasteiger partial charge in [-0.2, -0.15) is 0 Å². The Balaban J connectivity index is 0.00000176. The van der Waals surface area contributed by atoms with Crippen molar-refractivity contribution < 1.29 is 9.90 Å². The normalized spacial score (nSPS) is 35.8. The van der Waals surface area contributed by atoms with E-state index in [1.165, 1.54) is 19.3 Å². The average molecular weight is 332 g/mol. The maximum atomic E-state index is 12.8. The van der Waals surface area contributed by atoms with E-state index < -0.39 is 0 Å². The molecule has 0 spiro atoms. The Kier molecular flexibility index (Phi) is 6.50. The zero-order valence-electron chi connectivity index (χ0n) is 13.3. The number of fused-ring (bicyclic) bond motifs is 2. The number of aliphatic hydroxyl groups excluding tert-OH is 1. The second-order valence-electron chi connectivity index (χ2n) is 7.09. The van der Waals surface area contributed by atoms with Gasteiger partial charge in [-0.1, -0.05) is 6.42 Å². The summed E-state index contributed by atoms with van der Waals surface area (Å²) in [7, 11) is 0. The third-order valence-electron chi connectivity index (χ3n) is 5.86. The van der Waals surface area contributed by atoms with E-state index in [0.717, 1.165) is 45.6 Å². The van der Waals surface area contributed by atoms with E-state index in [4.69, 9.17) is 10.8 Å². The van der Waals surface area contributed by atoms with Gasteiger partial charge in [0.2, 0.25) is 5.91 Å². The van der Waals surface area contributed by atoms with Crippen molar-refractivity contribution in [3.8, 4) is 0 Å². The van der Waals surface area contributed by atoms with Crippen molar-refractivity contribution in [1.82, 2.24) is 9.80 Å².